The van der Waals surface area contributed by atoms with Crippen LogP contribution >= 0.6 is 31.9 Å². The summed E-state index contributed by atoms with van der Waals surface area (Å²) in [6.45, 7) is 0. The standard InChI is InChI=1S/C31H18Br2O2/c32-31(33)20-15-16-23-24(17-20)30(35)28-26(19-11-5-2-6-12-19)22-14-8-7-13-21(22)25(27(28)29(23)34)18-9-3-1-4-10-18/h1-17,31H. The Morgan fingerprint density at radius 3 is 1.43 bits per heavy atom. The van der Waals surface area contributed by atoms with Gasteiger partial charge in [-0.1, -0.05) is 123 Å². The van der Waals surface area contributed by atoms with Crippen LogP contribution < -0.4 is 0 Å². The van der Waals surface area contributed by atoms with Gasteiger partial charge in [0.1, 0.15) is 0 Å². The van der Waals surface area contributed by atoms with Gasteiger partial charge in [0.05, 0.1) is 3.74 Å². The number of ketones is 2. The van der Waals surface area contributed by atoms with Crippen LogP contribution in [0.2, 0.25) is 0 Å². The zero-order chi connectivity index (χ0) is 24.1. The van der Waals surface area contributed by atoms with Crippen LogP contribution in [0.15, 0.2) is 103 Å². The van der Waals surface area contributed by atoms with Crippen molar-refractivity contribution in [1.82, 2.24) is 0 Å². The molecular weight excluding hydrogens is 564 g/mol. The molecule has 0 saturated heterocycles. The molecule has 0 unspecified atom stereocenters. The molecule has 6 rings (SSSR count). The number of hydrogen-bond donors (Lipinski definition) is 0. The van der Waals surface area contributed by atoms with Gasteiger partial charge in [-0.15, -0.1) is 0 Å². The largest absolute Gasteiger partial charge is 0.289 e. The fourth-order valence-corrected chi connectivity index (χ4v) is 5.62. The number of fused-ring (bicyclic) bond motifs is 3. The second-order valence-electron chi connectivity index (χ2n) is 8.54. The average Bonchev–Trinajstić information content (AvgIpc) is 2.91. The molecule has 35 heavy (non-hydrogen) atoms. The summed E-state index contributed by atoms with van der Waals surface area (Å²) in [5.41, 5.74) is 6.17. The minimum atomic E-state index is -0.126. The first-order valence-electron chi connectivity index (χ1n) is 11.3. The summed E-state index contributed by atoms with van der Waals surface area (Å²) < 4.78 is -0.116. The second-order valence-corrected chi connectivity index (χ2v) is 11.6. The molecule has 2 nitrogen and oxygen atoms in total. The molecule has 0 spiro atoms. The Hall–Kier alpha value is -3.34. The van der Waals surface area contributed by atoms with Crippen LogP contribution in [-0.2, 0) is 0 Å². The van der Waals surface area contributed by atoms with Crippen molar-refractivity contribution in [2.24, 2.45) is 0 Å². The number of carbonyl (C=O) groups excluding carboxylic acids is 2. The molecule has 1 aliphatic carbocycles. The number of halogens is 2. The lowest BCUT2D eigenvalue weighted by Gasteiger charge is -2.26. The van der Waals surface area contributed by atoms with E-state index in [1.807, 2.05) is 97.1 Å². The Labute approximate surface area is 219 Å². The Kier molecular flexibility index (Phi) is 5.51. The van der Waals surface area contributed by atoms with Gasteiger partial charge in [0, 0.05) is 33.4 Å². The van der Waals surface area contributed by atoms with Gasteiger partial charge in [0.15, 0.2) is 11.6 Å². The molecule has 0 N–H and O–H groups in total. The third kappa shape index (κ3) is 3.51. The minimum absolute atomic E-state index is 0.116. The lowest BCUT2D eigenvalue weighted by atomic mass is 9.74. The Morgan fingerprint density at radius 1 is 0.486 bits per heavy atom. The second kappa shape index (κ2) is 8.71. The number of benzene rings is 5. The van der Waals surface area contributed by atoms with E-state index in [0.717, 1.165) is 38.6 Å². The van der Waals surface area contributed by atoms with E-state index in [9.17, 15) is 9.59 Å². The number of rotatable bonds is 3. The van der Waals surface area contributed by atoms with Crippen molar-refractivity contribution >= 4 is 54.2 Å². The smallest absolute Gasteiger partial charge is 0.195 e. The molecule has 0 atom stereocenters. The van der Waals surface area contributed by atoms with Crippen molar-refractivity contribution in [2.75, 3.05) is 0 Å². The molecule has 1 aliphatic rings. The predicted molar refractivity (Wildman–Crippen MR) is 149 cm³/mol. The topological polar surface area (TPSA) is 34.1 Å². The van der Waals surface area contributed by atoms with Gasteiger partial charge in [-0.25, -0.2) is 0 Å². The van der Waals surface area contributed by atoms with Gasteiger partial charge < -0.3 is 0 Å². The molecule has 0 fully saturated rings. The zero-order valence-corrected chi connectivity index (χ0v) is 21.6. The third-order valence-corrected chi connectivity index (χ3v) is 7.64. The molecule has 0 heterocycles. The third-order valence-electron chi connectivity index (χ3n) is 6.58. The Balaban J connectivity index is 1.81. The highest BCUT2D eigenvalue weighted by Crippen LogP contribution is 2.46. The molecule has 0 bridgehead atoms. The molecule has 168 valence electrons. The van der Waals surface area contributed by atoms with E-state index in [4.69, 9.17) is 0 Å². The maximum atomic E-state index is 14.3. The molecule has 0 saturated carbocycles. The van der Waals surface area contributed by atoms with E-state index in [1.165, 1.54) is 0 Å². The van der Waals surface area contributed by atoms with Crippen molar-refractivity contribution in [2.45, 2.75) is 3.74 Å². The van der Waals surface area contributed by atoms with Gasteiger partial charge in [-0.2, -0.15) is 0 Å². The summed E-state index contributed by atoms with van der Waals surface area (Å²) >= 11 is 7.05. The van der Waals surface area contributed by atoms with Crippen LogP contribution in [0.5, 0.6) is 0 Å². The zero-order valence-electron chi connectivity index (χ0n) is 18.5. The molecule has 0 aromatic heterocycles. The van der Waals surface area contributed by atoms with E-state index in [1.54, 1.807) is 6.07 Å². The quantitative estimate of drug-likeness (QED) is 0.196. The lowest BCUT2D eigenvalue weighted by molar-refractivity contribution is 0.0980. The molecule has 4 heteroatoms. The van der Waals surface area contributed by atoms with Gasteiger partial charge >= 0.3 is 0 Å². The van der Waals surface area contributed by atoms with Gasteiger partial charge in [0.25, 0.3) is 0 Å². The van der Waals surface area contributed by atoms with Crippen molar-refractivity contribution in [3.8, 4) is 22.3 Å². The SMILES string of the molecule is O=C1c2ccc(C(Br)Br)cc2C(=O)c2c1c(-c1ccccc1)c1ccccc1c2-c1ccccc1. The van der Waals surface area contributed by atoms with Crippen LogP contribution in [0, 0.1) is 0 Å². The molecule has 0 radical (unpaired) electrons. The summed E-state index contributed by atoms with van der Waals surface area (Å²) in [5, 5.41) is 1.91. The number of hydrogen-bond acceptors (Lipinski definition) is 2. The summed E-state index contributed by atoms with van der Waals surface area (Å²) in [6, 6.07) is 33.3. The highest BCUT2D eigenvalue weighted by atomic mass is 79.9. The van der Waals surface area contributed by atoms with Crippen LogP contribution in [0.3, 0.4) is 0 Å². The van der Waals surface area contributed by atoms with E-state index in [0.29, 0.717) is 22.3 Å². The molecule has 5 aromatic carbocycles. The first-order chi connectivity index (χ1) is 17.1. The maximum absolute atomic E-state index is 14.3. The van der Waals surface area contributed by atoms with Crippen molar-refractivity contribution < 1.29 is 9.59 Å². The Morgan fingerprint density at radius 2 is 0.943 bits per heavy atom. The minimum Gasteiger partial charge on any atom is -0.289 e. The molecule has 0 aliphatic heterocycles. The number of alkyl halides is 2. The first-order valence-corrected chi connectivity index (χ1v) is 13.1. The van der Waals surface area contributed by atoms with Gasteiger partial charge in [0.2, 0.25) is 0 Å². The van der Waals surface area contributed by atoms with Crippen LogP contribution in [0.4, 0.5) is 0 Å². The van der Waals surface area contributed by atoms with Gasteiger partial charge in [-0.05, 0) is 39.6 Å². The van der Waals surface area contributed by atoms with Crippen molar-refractivity contribution in [3.63, 3.8) is 0 Å². The monoisotopic (exact) mass is 580 g/mol. The summed E-state index contributed by atoms with van der Waals surface area (Å²) in [7, 11) is 0. The van der Waals surface area contributed by atoms with E-state index >= 15 is 0 Å². The van der Waals surface area contributed by atoms with E-state index < -0.39 is 0 Å². The average molecular weight is 582 g/mol. The fourth-order valence-electron chi connectivity index (χ4n) is 5.05. The Bertz CT molecular complexity index is 1640. The van der Waals surface area contributed by atoms with Gasteiger partial charge in [-0.3, -0.25) is 9.59 Å². The molecule has 5 aromatic rings. The first kappa shape index (κ1) is 22.1. The van der Waals surface area contributed by atoms with E-state index in [2.05, 4.69) is 31.9 Å². The van der Waals surface area contributed by atoms with Crippen LogP contribution in [0.25, 0.3) is 33.0 Å². The normalized spacial score (nSPS) is 12.7. The highest BCUT2D eigenvalue weighted by Gasteiger charge is 2.36. The summed E-state index contributed by atoms with van der Waals surface area (Å²) in [5.74, 6) is -0.248. The molecule has 0 amide bonds. The lowest BCUT2D eigenvalue weighted by Crippen LogP contribution is -2.23. The van der Waals surface area contributed by atoms with Crippen molar-refractivity contribution in [1.29, 1.82) is 0 Å². The highest BCUT2D eigenvalue weighted by molar-refractivity contribution is 9.24. The maximum Gasteiger partial charge on any atom is 0.195 e. The van der Waals surface area contributed by atoms with Crippen LogP contribution in [0.1, 0.15) is 41.1 Å². The fraction of sp³-hybridized carbons (Fsp3) is 0.0323. The molecular formula is C31H18Br2O2. The summed E-state index contributed by atoms with van der Waals surface area (Å²) in [6.07, 6.45) is 0. The van der Waals surface area contributed by atoms with Crippen LogP contribution in [-0.4, -0.2) is 11.6 Å². The number of carbonyl (C=O) groups is 2. The van der Waals surface area contributed by atoms with E-state index in [-0.39, 0.29) is 15.3 Å². The summed E-state index contributed by atoms with van der Waals surface area (Å²) in [4.78, 5) is 28.4. The van der Waals surface area contributed by atoms with Crippen molar-refractivity contribution in [3.05, 3.63) is 131 Å². The predicted octanol–water partition coefficient (Wildman–Crippen LogP) is 8.74.